The van der Waals surface area contributed by atoms with Gasteiger partial charge >= 0.3 is 6.18 Å². The molecule has 0 saturated carbocycles. The van der Waals surface area contributed by atoms with E-state index in [2.05, 4.69) is 0 Å². The molecule has 3 rings (SSSR count). The molecule has 2 aromatic carbocycles. The van der Waals surface area contributed by atoms with Crippen LogP contribution in [-0.2, 0) is 22.1 Å². The van der Waals surface area contributed by atoms with Gasteiger partial charge in [-0.15, -0.1) is 0 Å². The zero-order valence-corrected chi connectivity index (χ0v) is 18.6. The maximum absolute atomic E-state index is 12.9. The number of rotatable bonds is 8. The van der Waals surface area contributed by atoms with E-state index in [0.29, 0.717) is 36.0 Å². The Morgan fingerprint density at radius 2 is 1.85 bits per heavy atom. The summed E-state index contributed by atoms with van der Waals surface area (Å²) < 4.78 is 65.8. The molecule has 0 bridgehead atoms. The second-order valence-electron chi connectivity index (χ2n) is 7.34. The smallest absolute Gasteiger partial charge is 0.416 e. The summed E-state index contributed by atoms with van der Waals surface area (Å²) in [5, 5.41) is 0. The molecule has 0 spiro atoms. The predicted molar refractivity (Wildman–Crippen MR) is 113 cm³/mol. The Bertz CT molecular complexity index is 966. The minimum atomic E-state index is -4.45. The van der Waals surface area contributed by atoms with Gasteiger partial charge in [0.15, 0.2) is 11.5 Å². The minimum Gasteiger partial charge on any atom is -0.493 e. The largest absolute Gasteiger partial charge is 0.493 e. The van der Waals surface area contributed by atoms with Crippen molar-refractivity contribution in [3.8, 4) is 23.0 Å². The molecule has 10 heteroatoms. The van der Waals surface area contributed by atoms with E-state index in [1.54, 1.807) is 17.0 Å². The Balaban J connectivity index is 1.62. The van der Waals surface area contributed by atoms with Crippen LogP contribution >= 0.6 is 0 Å². The van der Waals surface area contributed by atoms with Crippen LogP contribution in [0.1, 0.15) is 11.1 Å². The van der Waals surface area contributed by atoms with E-state index in [1.165, 1.54) is 33.5 Å². The highest BCUT2D eigenvalue weighted by Crippen LogP contribution is 2.40. The SMILES string of the molecule is COc1ccc(CC(=O)N2CCO[C@@H](COc3cccc(C(F)(F)F)c3)C2)c(OC)c1OC. The summed E-state index contributed by atoms with van der Waals surface area (Å²) in [4.78, 5) is 14.6. The molecule has 7 nitrogen and oxygen atoms in total. The van der Waals surface area contributed by atoms with Crippen molar-refractivity contribution in [3.63, 3.8) is 0 Å². The average molecular weight is 469 g/mol. The number of nitrogens with zero attached hydrogens (tertiary/aromatic N) is 1. The van der Waals surface area contributed by atoms with Gasteiger partial charge in [-0.05, 0) is 24.3 Å². The van der Waals surface area contributed by atoms with Crippen LogP contribution in [-0.4, -0.2) is 64.5 Å². The van der Waals surface area contributed by atoms with Crippen molar-refractivity contribution in [2.75, 3.05) is 47.6 Å². The number of methoxy groups -OCH3 is 3. The fourth-order valence-electron chi connectivity index (χ4n) is 3.58. The molecule has 1 heterocycles. The van der Waals surface area contributed by atoms with Gasteiger partial charge < -0.3 is 28.6 Å². The second kappa shape index (κ2) is 10.7. The molecule has 1 amide bonds. The third kappa shape index (κ3) is 6.01. The number of hydrogen-bond acceptors (Lipinski definition) is 6. The summed E-state index contributed by atoms with van der Waals surface area (Å²) in [6.45, 7) is 0.970. The fourth-order valence-corrected chi connectivity index (χ4v) is 3.58. The van der Waals surface area contributed by atoms with E-state index in [0.717, 1.165) is 12.1 Å². The van der Waals surface area contributed by atoms with E-state index in [9.17, 15) is 18.0 Å². The first-order valence-corrected chi connectivity index (χ1v) is 10.2. The van der Waals surface area contributed by atoms with E-state index in [-0.39, 0.29) is 31.2 Å². The standard InChI is InChI=1S/C23H26F3NO6/c1-29-19-8-7-15(21(30-2)22(19)31-3)11-20(28)27-9-10-32-18(13-27)14-33-17-6-4-5-16(12-17)23(24,25)26/h4-8,12,18H,9-11,13-14H2,1-3H3/t18-/m1/s1. The van der Waals surface area contributed by atoms with Crippen LogP contribution in [0.4, 0.5) is 13.2 Å². The van der Waals surface area contributed by atoms with Gasteiger partial charge in [-0.2, -0.15) is 13.2 Å². The van der Waals surface area contributed by atoms with Gasteiger partial charge in [-0.25, -0.2) is 0 Å². The van der Waals surface area contributed by atoms with Crippen LogP contribution < -0.4 is 18.9 Å². The van der Waals surface area contributed by atoms with Gasteiger partial charge in [0.2, 0.25) is 11.7 Å². The fraction of sp³-hybridized carbons (Fsp3) is 0.435. The molecule has 33 heavy (non-hydrogen) atoms. The highest BCUT2D eigenvalue weighted by Gasteiger charge is 2.31. The lowest BCUT2D eigenvalue weighted by Crippen LogP contribution is -2.48. The summed E-state index contributed by atoms with van der Waals surface area (Å²) in [5.41, 5.74) is -0.145. The number of carbonyl (C=O) groups is 1. The Morgan fingerprint density at radius 3 is 2.52 bits per heavy atom. The molecule has 1 saturated heterocycles. The van der Waals surface area contributed by atoms with Gasteiger partial charge in [0, 0.05) is 12.1 Å². The molecule has 0 aromatic heterocycles. The van der Waals surface area contributed by atoms with Crippen LogP contribution in [0.5, 0.6) is 23.0 Å². The Hall–Kier alpha value is -3.14. The monoisotopic (exact) mass is 469 g/mol. The highest BCUT2D eigenvalue weighted by molar-refractivity contribution is 5.80. The quantitative estimate of drug-likeness (QED) is 0.589. The van der Waals surface area contributed by atoms with Gasteiger partial charge in [0.1, 0.15) is 18.5 Å². The van der Waals surface area contributed by atoms with Crippen LogP contribution in [0.2, 0.25) is 0 Å². The molecule has 0 aliphatic carbocycles. The molecular formula is C23H26F3NO6. The minimum absolute atomic E-state index is 0.0186. The summed E-state index contributed by atoms with van der Waals surface area (Å²) >= 11 is 0. The summed E-state index contributed by atoms with van der Waals surface area (Å²) in [5.74, 6) is 1.26. The normalized spacial score (nSPS) is 16.3. The third-order valence-corrected chi connectivity index (χ3v) is 5.22. The zero-order chi connectivity index (χ0) is 24.0. The summed E-state index contributed by atoms with van der Waals surface area (Å²) in [6, 6.07) is 8.10. The molecule has 0 unspecified atom stereocenters. The molecule has 1 atom stereocenters. The molecule has 0 N–H and O–H groups in total. The van der Waals surface area contributed by atoms with Crippen molar-refractivity contribution in [1.29, 1.82) is 0 Å². The zero-order valence-electron chi connectivity index (χ0n) is 18.6. The molecular weight excluding hydrogens is 443 g/mol. The van der Waals surface area contributed by atoms with Crippen LogP contribution in [0.3, 0.4) is 0 Å². The van der Waals surface area contributed by atoms with Crippen molar-refractivity contribution in [3.05, 3.63) is 47.5 Å². The Kier molecular flexibility index (Phi) is 7.91. The molecule has 1 fully saturated rings. The third-order valence-electron chi connectivity index (χ3n) is 5.22. The van der Waals surface area contributed by atoms with Crippen molar-refractivity contribution in [2.24, 2.45) is 0 Å². The predicted octanol–water partition coefficient (Wildman–Crippen LogP) is 3.58. The molecule has 2 aromatic rings. The van der Waals surface area contributed by atoms with Crippen molar-refractivity contribution in [1.82, 2.24) is 4.90 Å². The van der Waals surface area contributed by atoms with Crippen molar-refractivity contribution in [2.45, 2.75) is 18.7 Å². The highest BCUT2D eigenvalue weighted by atomic mass is 19.4. The van der Waals surface area contributed by atoms with Crippen LogP contribution in [0.25, 0.3) is 0 Å². The van der Waals surface area contributed by atoms with E-state index < -0.39 is 17.8 Å². The average Bonchev–Trinajstić information content (AvgIpc) is 2.82. The summed E-state index contributed by atoms with van der Waals surface area (Å²) in [6.07, 6.45) is -4.84. The Labute approximate surface area is 189 Å². The number of hydrogen-bond donors (Lipinski definition) is 0. The summed E-state index contributed by atoms with van der Waals surface area (Å²) in [7, 11) is 4.49. The first kappa shape index (κ1) is 24.5. The van der Waals surface area contributed by atoms with Gasteiger partial charge in [-0.1, -0.05) is 12.1 Å². The lowest BCUT2D eigenvalue weighted by Gasteiger charge is -2.33. The first-order valence-electron chi connectivity index (χ1n) is 10.2. The van der Waals surface area contributed by atoms with E-state index >= 15 is 0 Å². The number of morpholine rings is 1. The van der Waals surface area contributed by atoms with Gasteiger partial charge in [-0.3, -0.25) is 4.79 Å². The van der Waals surface area contributed by atoms with Crippen molar-refractivity contribution < 1.29 is 41.7 Å². The van der Waals surface area contributed by atoms with Gasteiger partial charge in [0.05, 0.1) is 46.5 Å². The van der Waals surface area contributed by atoms with Crippen molar-refractivity contribution >= 4 is 5.91 Å². The number of benzene rings is 2. The van der Waals surface area contributed by atoms with E-state index in [1.807, 2.05) is 0 Å². The molecule has 180 valence electrons. The van der Waals surface area contributed by atoms with E-state index in [4.69, 9.17) is 23.7 Å². The lowest BCUT2D eigenvalue weighted by molar-refractivity contribution is -0.140. The maximum atomic E-state index is 12.9. The number of halogens is 3. The first-order chi connectivity index (χ1) is 15.8. The number of alkyl halides is 3. The van der Waals surface area contributed by atoms with Crippen LogP contribution in [0, 0.1) is 0 Å². The number of carbonyl (C=O) groups excluding carboxylic acids is 1. The second-order valence-corrected chi connectivity index (χ2v) is 7.34. The topological polar surface area (TPSA) is 66.5 Å². The molecule has 1 aliphatic heterocycles. The Morgan fingerprint density at radius 1 is 1.09 bits per heavy atom. The molecule has 1 aliphatic rings. The number of ether oxygens (including phenoxy) is 5. The maximum Gasteiger partial charge on any atom is 0.416 e. The number of amides is 1. The van der Waals surface area contributed by atoms with Crippen LogP contribution in [0.15, 0.2) is 36.4 Å². The van der Waals surface area contributed by atoms with Gasteiger partial charge in [0.25, 0.3) is 0 Å². The molecule has 0 radical (unpaired) electrons. The lowest BCUT2D eigenvalue weighted by atomic mass is 10.1.